The Labute approximate surface area is 108 Å². The first-order valence-electron chi connectivity index (χ1n) is 6.77. The van der Waals surface area contributed by atoms with Gasteiger partial charge < -0.3 is 10.2 Å². The van der Waals surface area contributed by atoms with Crippen LogP contribution in [-0.4, -0.2) is 25.7 Å². The number of hydrogen-bond acceptors (Lipinski definition) is 3. The van der Waals surface area contributed by atoms with Gasteiger partial charge in [0.2, 0.25) is 0 Å². The van der Waals surface area contributed by atoms with Crippen molar-refractivity contribution in [2.45, 2.75) is 25.8 Å². The lowest BCUT2D eigenvalue weighted by Crippen LogP contribution is -2.40. The van der Waals surface area contributed by atoms with Crippen molar-refractivity contribution in [3.63, 3.8) is 0 Å². The molecule has 2 atom stereocenters. The summed E-state index contributed by atoms with van der Waals surface area (Å²) < 4.78 is 0. The Kier molecular flexibility index (Phi) is 2.97. The summed E-state index contributed by atoms with van der Waals surface area (Å²) in [7, 11) is 0. The highest BCUT2D eigenvalue weighted by Gasteiger charge is 2.35. The fourth-order valence-electron chi connectivity index (χ4n) is 3.40. The Hall–Kier alpha value is -1.53. The molecule has 94 valence electrons. The molecule has 0 bridgehead atoms. The number of nitrogens with zero attached hydrogens (tertiary/aromatic N) is 2. The zero-order valence-electron chi connectivity index (χ0n) is 10.8. The molecular weight excluding hydrogens is 222 g/mol. The van der Waals surface area contributed by atoms with Gasteiger partial charge in [0, 0.05) is 19.1 Å². The van der Waals surface area contributed by atoms with Crippen LogP contribution in [0.1, 0.15) is 24.0 Å². The number of hydrogen-bond donors (Lipinski definition) is 1. The van der Waals surface area contributed by atoms with E-state index in [1.165, 1.54) is 18.4 Å². The van der Waals surface area contributed by atoms with Crippen LogP contribution in [0.5, 0.6) is 0 Å². The van der Waals surface area contributed by atoms with Gasteiger partial charge in [0.25, 0.3) is 0 Å². The molecular formula is C15H19N3. The van der Waals surface area contributed by atoms with Gasteiger partial charge in [0.05, 0.1) is 11.3 Å². The van der Waals surface area contributed by atoms with Gasteiger partial charge in [-0.3, -0.25) is 0 Å². The van der Waals surface area contributed by atoms with Gasteiger partial charge >= 0.3 is 0 Å². The summed E-state index contributed by atoms with van der Waals surface area (Å²) in [4.78, 5) is 2.40. The number of nitriles is 1. The lowest BCUT2D eigenvalue weighted by molar-refractivity contribution is 0.340. The third-order valence-corrected chi connectivity index (χ3v) is 4.27. The van der Waals surface area contributed by atoms with Gasteiger partial charge in [-0.1, -0.05) is 12.1 Å². The number of fused-ring (bicyclic) bond motifs is 1. The van der Waals surface area contributed by atoms with Crippen LogP contribution in [0.3, 0.4) is 0 Å². The molecule has 2 aliphatic heterocycles. The van der Waals surface area contributed by atoms with Crippen LogP contribution in [0.2, 0.25) is 0 Å². The Morgan fingerprint density at radius 1 is 1.39 bits per heavy atom. The topological polar surface area (TPSA) is 39.1 Å². The molecule has 2 saturated heterocycles. The van der Waals surface area contributed by atoms with Gasteiger partial charge in [-0.2, -0.15) is 5.26 Å². The fourth-order valence-corrected chi connectivity index (χ4v) is 3.40. The molecule has 0 spiro atoms. The van der Waals surface area contributed by atoms with Gasteiger partial charge in [-0.15, -0.1) is 0 Å². The smallest absolute Gasteiger partial charge is 0.101 e. The Bertz CT molecular complexity index is 475. The first kappa shape index (κ1) is 11.6. The summed E-state index contributed by atoms with van der Waals surface area (Å²) >= 11 is 0. The van der Waals surface area contributed by atoms with E-state index in [2.05, 4.69) is 29.3 Å². The number of nitrogens with one attached hydrogen (secondary N) is 1. The molecule has 2 heterocycles. The number of benzene rings is 1. The SMILES string of the molecule is Cc1cccc(C#N)c1N1C[C@@H]2CCCN[C@@H]2C1. The molecule has 1 aromatic rings. The average molecular weight is 241 g/mol. The number of para-hydroxylation sites is 1. The van der Waals surface area contributed by atoms with Crippen LogP contribution >= 0.6 is 0 Å². The molecule has 0 aromatic heterocycles. The normalized spacial score (nSPS) is 26.8. The second kappa shape index (κ2) is 4.62. The molecule has 3 rings (SSSR count). The predicted octanol–water partition coefficient (Wildman–Crippen LogP) is 2.05. The average Bonchev–Trinajstić information content (AvgIpc) is 2.81. The van der Waals surface area contributed by atoms with Crippen molar-refractivity contribution in [3.8, 4) is 6.07 Å². The predicted molar refractivity (Wildman–Crippen MR) is 72.6 cm³/mol. The minimum absolute atomic E-state index is 0.616. The highest BCUT2D eigenvalue weighted by atomic mass is 15.2. The van der Waals surface area contributed by atoms with E-state index >= 15 is 0 Å². The maximum Gasteiger partial charge on any atom is 0.101 e. The molecule has 2 aliphatic rings. The highest BCUT2D eigenvalue weighted by Crippen LogP contribution is 2.32. The van der Waals surface area contributed by atoms with Gasteiger partial charge in [-0.05, 0) is 43.9 Å². The quantitative estimate of drug-likeness (QED) is 0.818. The van der Waals surface area contributed by atoms with Crippen LogP contribution in [-0.2, 0) is 0 Å². The van der Waals surface area contributed by atoms with E-state index in [0.29, 0.717) is 6.04 Å². The zero-order valence-corrected chi connectivity index (χ0v) is 10.8. The van der Waals surface area contributed by atoms with E-state index in [-0.39, 0.29) is 0 Å². The molecule has 0 unspecified atom stereocenters. The van der Waals surface area contributed by atoms with Crippen molar-refractivity contribution in [2.75, 3.05) is 24.5 Å². The Morgan fingerprint density at radius 3 is 3.06 bits per heavy atom. The lowest BCUT2D eigenvalue weighted by atomic mass is 9.94. The third kappa shape index (κ3) is 1.87. The highest BCUT2D eigenvalue weighted by molar-refractivity contribution is 5.64. The van der Waals surface area contributed by atoms with Crippen LogP contribution in [0.4, 0.5) is 5.69 Å². The minimum Gasteiger partial charge on any atom is -0.368 e. The van der Waals surface area contributed by atoms with Crippen LogP contribution in [0.15, 0.2) is 18.2 Å². The molecule has 2 fully saturated rings. The van der Waals surface area contributed by atoms with E-state index in [1.807, 2.05) is 12.1 Å². The second-order valence-corrected chi connectivity index (χ2v) is 5.45. The zero-order chi connectivity index (χ0) is 12.5. The van der Waals surface area contributed by atoms with E-state index in [9.17, 15) is 5.26 Å². The molecule has 0 aliphatic carbocycles. The van der Waals surface area contributed by atoms with Gasteiger partial charge in [-0.25, -0.2) is 0 Å². The lowest BCUT2D eigenvalue weighted by Gasteiger charge is -2.24. The third-order valence-electron chi connectivity index (χ3n) is 4.27. The number of rotatable bonds is 1. The minimum atomic E-state index is 0.616. The van der Waals surface area contributed by atoms with Crippen LogP contribution in [0, 0.1) is 24.2 Å². The standard InChI is InChI=1S/C15H19N3/c1-11-4-2-5-12(8-16)15(11)18-9-13-6-3-7-17-14(13)10-18/h2,4-5,13-14,17H,3,6-7,9-10H2,1H3/t13-,14+/m0/s1. The Morgan fingerprint density at radius 2 is 2.28 bits per heavy atom. The van der Waals surface area contributed by atoms with E-state index in [4.69, 9.17) is 0 Å². The molecule has 3 heteroatoms. The summed E-state index contributed by atoms with van der Waals surface area (Å²) in [6, 6.07) is 8.95. The van der Waals surface area contributed by atoms with Crippen molar-refractivity contribution >= 4 is 5.69 Å². The van der Waals surface area contributed by atoms with E-state index < -0.39 is 0 Å². The fraction of sp³-hybridized carbons (Fsp3) is 0.533. The van der Waals surface area contributed by atoms with E-state index in [1.54, 1.807) is 0 Å². The number of piperidine rings is 1. The first-order chi connectivity index (χ1) is 8.79. The van der Waals surface area contributed by atoms with Gasteiger partial charge in [0.1, 0.15) is 6.07 Å². The second-order valence-electron chi connectivity index (χ2n) is 5.45. The molecule has 0 radical (unpaired) electrons. The molecule has 0 amide bonds. The summed E-state index contributed by atoms with van der Waals surface area (Å²) in [5.41, 5.74) is 3.18. The summed E-state index contributed by atoms with van der Waals surface area (Å²) in [5, 5.41) is 12.9. The van der Waals surface area contributed by atoms with Crippen molar-refractivity contribution in [1.82, 2.24) is 5.32 Å². The van der Waals surface area contributed by atoms with Crippen molar-refractivity contribution in [3.05, 3.63) is 29.3 Å². The summed E-state index contributed by atoms with van der Waals surface area (Å²) in [6.07, 6.45) is 2.61. The van der Waals surface area contributed by atoms with Crippen LogP contribution in [0.25, 0.3) is 0 Å². The number of anilines is 1. The van der Waals surface area contributed by atoms with Crippen LogP contribution < -0.4 is 10.2 Å². The largest absolute Gasteiger partial charge is 0.368 e. The molecule has 1 aromatic carbocycles. The molecule has 1 N–H and O–H groups in total. The molecule has 0 saturated carbocycles. The summed E-state index contributed by atoms with van der Waals surface area (Å²) in [5.74, 6) is 0.755. The van der Waals surface area contributed by atoms with Crippen molar-refractivity contribution in [2.24, 2.45) is 5.92 Å². The van der Waals surface area contributed by atoms with Crippen molar-refractivity contribution in [1.29, 1.82) is 5.26 Å². The maximum atomic E-state index is 9.27. The summed E-state index contributed by atoms with van der Waals surface area (Å²) in [6.45, 7) is 5.39. The first-order valence-corrected chi connectivity index (χ1v) is 6.77. The monoisotopic (exact) mass is 241 g/mol. The number of aryl methyl sites for hydroxylation is 1. The van der Waals surface area contributed by atoms with Crippen molar-refractivity contribution < 1.29 is 0 Å². The van der Waals surface area contributed by atoms with Gasteiger partial charge in [0.15, 0.2) is 0 Å². The molecule has 3 nitrogen and oxygen atoms in total. The van der Waals surface area contributed by atoms with E-state index in [0.717, 1.165) is 36.8 Å². The Balaban J connectivity index is 1.90. The molecule has 18 heavy (non-hydrogen) atoms. The maximum absolute atomic E-state index is 9.27.